The van der Waals surface area contributed by atoms with Gasteiger partial charge in [-0.05, 0) is 70.6 Å². The van der Waals surface area contributed by atoms with Gasteiger partial charge >= 0.3 is 0 Å². The van der Waals surface area contributed by atoms with Crippen LogP contribution in [0.5, 0.6) is 0 Å². The van der Waals surface area contributed by atoms with Crippen LogP contribution in [0.4, 0.5) is 17.1 Å². The van der Waals surface area contributed by atoms with Crippen molar-refractivity contribution in [2.75, 3.05) is 23.0 Å². The molecule has 4 aromatic carbocycles. The van der Waals surface area contributed by atoms with Gasteiger partial charge in [-0.25, -0.2) is 0 Å². The molecule has 1 saturated carbocycles. The van der Waals surface area contributed by atoms with Crippen molar-refractivity contribution in [3.63, 3.8) is 0 Å². The lowest BCUT2D eigenvalue weighted by Crippen LogP contribution is -2.31. The summed E-state index contributed by atoms with van der Waals surface area (Å²) in [5.41, 5.74) is 7.31. The summed E-state index contributed by atoms with van der Waals surface area (Å²) in [5.74, 6) is 0.550. The molecule has 3 unspecified atom stereocenters. The lowest BCUT2D eigenvalue weighted by Gasteiger charge is -2.27. The summed E-state index contributed by atoms with van der Waals surface area (Å²) < 4.78 is 5.09. The van der Waals surface area contributed by atoms with Crippen molar-refractivity contribution < 1.29 is 14.6 Å². The maximum absolute atomic E-state index is 10.8. The molecule has 40 heavy (non-hydrogen) atoms. The zero-order valence-corrected chi connectivity index (χ0v) is 23.1. The maximum Gasteiger partial charge on any atom is 0.293 e. The molecule has 4 aromatic rings. The van der Waals surface area contributed by atoms with Gasteiger partial charge in [-0.1, -0.05) is 78.9 Å². The summed E-state index contributed by atoms with van der Waals surface area (Å²) in [4.78, 5) is 17.0. The molecule has 0 radical (unpaired) electrons. The van der Waals surface area contributed by atoms with Crippen molar-refractivity contribution in [3.05, 3.63) is 102 Å². The highest BCUT2D eigenvalue weighted by molar-refractivity contribution is 8.00. The van der Waals surface area contributed by atoms with E-state index in [0.717, 1.165) is 5.56 Å². The van der Waals surface area contributed by atoms with Crippen molar-refractivity contribution in [2.24, 2.45) is 0 Å². The fourth-order valence-corrected chi connectivity index (χ4v) is 8.13. The van der Waals surface area contributed by atoms with E-state index in [1.165, 1.54) is 63.1 Å². The number of fused-ring (bicyclic) bond motifs is 6. The molecule has 1 aliphatic carbocycles. The second kappa shape index (κ2) is 10.7. The molecule has 0 saturated heterocycles. The van der Waals surface area contributed by atoms with Gasteiger partial charge in [0.25, 0.3) is 6.47 Å². The van der Waals surface area contributed by atoms with Gasteiger partial charge in [0.2, 0.25) is 0 Å². The summed E-state index contributed by atoms with van der Waals surface area (Å²) in [6, 6.07) is 28.6. The summed E-state index contributed by atoms with van der Waals surface area (Å²) >= 11 is 1.86. The quantitative estimate of drug-likeness (QED) is 0.185. The molecule has 5 nitrogen and oxygen atoms in total. The summed E-state index contributed by atoms with van der Waals surface area (Å²) in [6.07, 6.45) is 8.22. The maximum atomic E-state index is 10.8. The van der Waals surface area contributed by atoms with Crippen LogP contribution >= 0.6 is 11.8 Å². The fraction of sp³-hybridized carbons (Fsp3) is 0.265. The number of ether oxygens (including phenoxy) is 1. The SMILES string of the molecule is O=COCCN1c2ccc3ccccc3c2SC1C=Cc1ccc2c(c1)C1CCCC1N2c1ccc(CO)cc1. The highest BCUT2D eigenvalue weighted by Crippen LogP contribution is 2.53. The topological polar surface area (TPSA) is 53.0 Å². The molecule has 3 aliphatic rings. The lowest BCUT2D eigenvalue weighted by molar-refractivity contribution is -0.128. The van der Waals surface area contributed by atoms with E-state index in [9.17, 15) is 9.90 Å². The molecule has 0 spiro atoms. The molecule has 2 aliphatic heterocycles. The predicted octanol–water partition coefficient (Wildman–Crippen LogP) is 7.24. The van der Waals surface area contributed by atoms with E-state index in [-0.39, 0.29) is 12.0 Å². The van der Waals surface area contributed by atoms with E-state index in [0.29, 0.717) is 31.6 Å². The Hall–Kier alpha value is -3.74. The Kier molecular flexibility index (Phi) is 6.74. The Morgan fingerprint density at radius 1 is 0.975 bits per heavy atom. The predicted molar refractivity (Wildman–Crippen MR) is 163 cm³/mol. The number of thioether (sulfide) groups is 1. The standard InChI is InChI=1S/C34H32N2O3S/c37-21-24-8-13-26(14-9-24)36-30-7-3-6-28(30)29-20-23(10-15-31(29)36)11-17-33-35(18-19-39-22-38)32-16-12-25-4-1-2-5-27(25)34(32)40-33/h1-2,4-5,8-17,20,22,28,30,33,37H,3,6-7,18-19,21H2. The van der Waals surface area contributed by atoms with Gasteiger partial charge in [0.15, 0.2) is 0 Å². The van der Waals surface area contributed by atoms with Crippen LogP contribution in [0, 0.1) is 0 Å². The Balaban J connectivity index is 1.18. The summed E-state index contributed by atoms with van der Waals surface area (Å²) in [6.45, 7) is 1.60. The number of benzene rings is 4. The highest BCUT2D eigenvalue weighted by Gasteiger charge is 2.42. The third kappa shape index (κ3) is 4.36. The van der Waals surface area contributed by atoms with Gasteiger partial charge in [-0.3, -0.25) is 4.79 Å². The van der Waals surface area contributed by atoms with Crippen molar-refractivity contribution in [3.8, 4) is 0 Å². The van der Waals surface area contributed by atoms with E-state index in [2.05, 4.69) is 88.7 Å². The van der Waals surface area contributed by atoms with Crippen molar-refractivity contribution in [1.82, 2.24) is 0 Å². The number of anilines is 3. The van der Waals surface area contributed by atoms with Crippen LogP contribution in [-0.4, -0.2) is 36.1 Å². The second-order valence-electron chi connectivity index (χ2n) is 10.8. The number of nitrogens with zero attached hydrogens (tertiary/aromatic N) is 2. The van der Waals surface area contributed by atoms with Crippen molar-refractivity contribution in [2.45, 2.75) is 48.1 Å². The van der Waals surface area contributed by atoms with Gasteiger partial charge < -0.3 is 19.6 Å². The summed E-state index contributed by atoms with van der Waals surface area (Å²) in [7, 11) is 0. The fourth-order valence-electron chi connectivity index (χ4n) is 6.76. The lowest BCUT2D eigenvalue weighted by atomic mass is 9.96. The second-order valence-corrected chi connectivity index (χ2v) is 11.9. The van der Waals surface area contributed by atoms with Crippen molar-refractivity contribution >= 4 is 52.1 Å². The van der Waals surface area contributed by atoms with Crippen LogP contribution in [0.15, 0.2) is 89.8 Å². The van der Waals surface area contributed by atoms with Crippen LogP contribution < -0.4 is 9.80 Å². The first-order valence-corrected chi connectivity index (χ1v) is 14.9. The first-order valence-electron chi connectivity index (χ1n) is 14.1. The molecular formula is C34H32N2O3S. The van der Waals surface area contributed by atoms with Crippen molar-refractivity contribution in [1.29, 1.82) is 0 Å². The molecule has 202 valence electrons. The van der Waals surface area contributed by atoms with Crippen LogP contribution in [0.3, 0.4) is 0 Å². The third-order valence-electron chi connectivity index (χ3n) is 8.60. The smallest absolute Gasteiger partial charge is 0.293 e. The van der Waals surface area contributed by atoms with Crippen LogP contribution in [-0.2, 0) is 16.1 Å². The number of hydrogen-bond acceptors (Lipinski definition) is 6. The molecule has 0 aromatic heterocycles. The Labute approximate surface area is 239 Å². The monoisotopic (exact) mass is 548 g/mol. The molecule has 7 rings (SSSR count). The molecule has 1 N–H and O–H groups in total. The number of carbonyl (C=O) groups is 1. The largest absolute Gasteiger partial charge is 0.466 e. The molecule has 1 fully saturated rings. The number of carbonyl (C=O) groups excluding carboxylic acids is 1. The summed E-state index contributed by atoms with van der Waals surface area (Å²) in [5, 5.41) is 12.1. The Bertz CT molecular complexity index is 1580. The first kappa shape index (κ1) is 25.2. The average Bonchev–Trinajstić information content (AvgIpc) is 3.69. The van der Waals surface area contributed by atoms with Crippen LogP contribution in [0.1, 0.15) is 41.9 Å². The van der Waals surface area contributed by atoms with Gasteiger partial charge in [-0.2, -0.15) is 0 Å². The zero-order valence-electron chi connectivity index (χ0n) is 22.3. The van der Waals surface area contributed by atoms with E-state index in [1.54, 1.807) is 0 Å². The minimum absolute atomic E-state index is 0.0702. The number of rotatable bonds is 8. The van der Waals surface area contributed by atoms with E-state index >= 15 is 0 Å². The number of hydrogen-bond donors (Lipinski definition) is 1. The van der Waals surface area contributed by atoms with Gasteiger partial charge in [-0.15, -0.1) is 0 Å². The Morgan fingerprint density at radius 3 is 2.67 bits per heavy atom. The molecule has 0 bridgehead atoms. The highest BCUT2D eigenvalue weighted by atomic mass is 32.2. The molecule has 2 heterocycles. The first-order chi connectivity index (χ1) is 19.7. The van der Waals surface area contributed by atoms with Crippen LogP contribution in [0.25, 0.3) is 16.8 Å². The van der Waals surface area contributed by atoms with Gasteiger partial charge in [0, 0.05) is 28.2 Å². The normalized spacial score (nSPS) is 21.2. The molecule has 3 atom stereocenters. The van der Waals surface area contributed by atoms with E-state index in [1.807, 2.05) is 23.9 Å². The zero-order chi connectivity index (χ0) is 27.1. The molecule has 6 heteroatoms. The minimum Gasteiger partial charge on any atom is -0.466 e. The third-order valence-corrected chi connectivity index (χ3v) is 9.92. The molecular weight excluding hydrogens is 516 g/mol. The van der Waals surface area contributed by atoms with Gasteiger partial charge in [0.1, 0.15) is 6.61 Å². The Morgan fingerprint density at radius 2 is 1.82 bits per heavy atom. The van der Waals surface area contributed by atoms with Gasteiger partial charge in [0.05, 0.1) is 24.2 Å². The van der Waals surface area contributed by atoms with E-state index in [4.69, 9.17) is 4.74 Å². The van der Waals surface area contributed by atoms with E-state index < -0.39 is 0 Å². The molecule has 0 amide bonds. The minimum atomic E-state index is 0.0702. The number of aliphatic hydroxyl groups excluding tert-OH is 1. The average molecular weight is 549 g/mol. The van der Waals surface area contributed by atoms with Crippen LogP contribution in [0.2, 0.25) is 0 Å². The number of aliphatic hydroxyl groups is 1.